The number of benzene rings is 1. The number of pyridine rings is 1. The van der Waals surface area contributed by atoms with E-state index in [1.807, 2.05) is 37.3 Å². The first-order chi connectivity index (χ1) is 9.68. The monoisotopic (exact) mass is 274 g/mol. The summed E-state index contributed by atoms with van der Waals surface area (Å²) in [6.45, 7) is 5.37. The Kier molecular flexibility index (Phi) is 4.93. The van der Waals surface area contributed by atoms with Crippen LogP contribution in [0.2, 0.25) is 0 Å². The first-order valence-electron chi connectivity index (χ1n) is 7.01. The summed E-state index contributed by atoms with van der Waals surface area (Å²) < 4.78 is 5.91. The molecule has 0 bridgehead atoms. The van der Waals surface area contributed by atoms with Crippen molar-refractivity contribution >= 4 is 10.9 Å². The molecule has 20 heavy (non-hydrogen) atoms. The summed E-state index contributed by atoms with van der Waals surface area (Å²) in [5, 5.41) is 13.9. The van der Waals surface area contributed by atoms with Gasteiger partial charge >= 0.3 is 0 Å². The number of rotatable bonds is 7. The van der Waals surface area contributed by atoms with E-state index in [-0.39, 0.29) is 6.61 Å². The van der Waals surface area contributed by atoms with Crippen LogP contribution in [0.5, 0.6) is 5.75 Å². The predicted octanol–water partition coefficient (Wildman–Crippen LogP) is 2.36. The van der Waals surface area contributed by atoms with Crippen LogP contribution in [0.4, 0.5) is 0 Å². The van der Waals surface area contributed by atoms with Crippen LogP contribution >= 0.6 is 0 Å². The van der Waals surface area contributed by atoms with Crippen LogP contribution in [0.1, 0.15) is 20.3 Å². The number of hydrogen-bond acceptors (Lipinski definition) is 4. The van der Waals surface area contributed by atoms with Gasteiger partial charge in [0, 0.05) is 11.6 Å². The van der Waals surface area contributed by atoms with Gasteiger partial charge < -0.3 is 15.2 Å². The number of ether oxygens (including phenoxy) is 1. The smallest absolute Gasteiger partial charge is 0.128 e. The van der Waals surface area contributed by atoms with Crippen molar-refractivity contribution in [1.82, 2.24) is 10.3 Å². The Morgan fingerprint density at radius 2 is 2.15 bits per heavy atom. The van der Waals surface area contributed by atoms with E-state index in [4.69, 9.17) is 4.74 Å². The van der Waals surface area contributed by atoms with Crippen molar-refractivity contribution in [1.29, 1.82) is 0 Å². The molecule has 1 aromatic carbocycles. The molecular formula is C16H22N2O2. The Labute approximate surface area is 119 Å². The van der Waals surface area contributed by atoms with E-state index in [9.17, 15) is 5.11 Å². The van der Waals surface area contributed by atoms with Crippen molar-refractivity contribution in [2.24, 2.45) is 0 Å². The number of aliphatic hydroxyl groups excluding tert-OH is 1. The van der Waals surface area contributed by atoms with Crippen molar-refractivity contribution in [3.63, 3.8) is 0 Å². The molecule has 1 aromatic heterocycles. The van der Waals surface area contributed by atoms with E-state index in [1.54, 1.807) is 6.20 Å². The maximum Gasteiger partial charge on any atom is 0.128 e. The molecule has 108 valence electrons. The van der Waals surface area contributed by atoms with E-state index in [0.29, 0.717) is 6.61 Å². The van der Waals surface area contributed by atoms with Crippen LogP contribution in [0.25, 0.3) is 10.9 Å². The lowest BCUT2D eigenvalue weighted by Crippen LogP contribution is -2.50. The standard InChI is InChI=1S/C16H22N2O2/c1-3-9-18-16(2,11-19)12-20-15-8-4-7-14-13(15)6-5-10-17-14/h4-8,10,18-19H,3,9,11-12H2,1-2H3. The number of aliphatic hydroxyl groups is 1. The Balaban J connectivity index is 2.12. The lowest BCUT2D eigenvalue weighted by Gasteiger charge is -2.28. The van der Waals surface area contributed by atoms with Crippen LogP contribution in [0.15, 0.2) is 36.5 Å². The molecule has 0 radical (unpaired) electrons. The predicted molar refractivity (Wildman–Crippen MR) is 81.0 cm³/mol. The molecule has 4 nitrogen and oxygen atoms in total. The van der Waals surface area contributed by atoms with Gasteiger partial charge in [-0.3, -0.25) is 4.98 Å². The van der Waals surface area contributed by atoms with Crippen LogP contribution in [-0.2, 0) is 0 Å². The van der Waals surface area contributed by atoms with Crippen LogP contribution < -0.4 is 10.1 Å². The molecular weight excluding hydrogens is 252 g/mol. The van der Waals surface area contributed by atoms with E-state index >= 15 is 0 Å². The summed E-state index contributed by atoms with van der Waals surface area (Å²) in [7, 11) is 0. The zero-order valence-corrected chi connectivity index (χ0v) is 12.1. The molecule has 0 fully saturated rings. The second kappa shape index (κ2) is 6.68. The van der Waals surface area contributed by atoms with Crippen molar-refractivity contribution in [2.45, 2.75) is 25.8 Å². The van der Waals surface area contributed by atoms with Crippen LogP contribution in [-0.4, -0.2) is 35.4 Å². The van der Waals surface area contributed by atoms with Gasteiger partial charge in [-0.2, -0.15) is 0 Å². The zero-order valence-electron chi connectivity index (χ0n) is 12.1. The number of hydrogen-bond donors (Lipinski definition) is 2. The van der Waals surface area contributed by atoms with E-state index < -0.39 is 5.54 Å². The first kappa shape index (κ1) is 14.8. The van der Waals surface area contributed by atoms with E-state index in [1.165, 1.54) is 0 Å². The van der Waals surface area contributed by atoms with E-state index in [0.717, 1.165) is 29.6 Å². The molecule has 4 heteroatoms. The summed E-state index contributed by atoms with van der Waals surface area (Å²) >= 11 is 0. The number of nitrogens with one attached hydrogen (secondary N) is 1. The lowest BCUT2D eigenvalue weighted by atomic mass is 10.1. The minimum Gasteiger partial charge on any atom is -0.491 e. The summed E-state index contributed by atoms with van der Waals surface area (Å²) in [6, 6.07) is 9.72. The normalized spacial score (nSPS) is 14.2. The van der Waals surface area contributed by atoms with Gasteiger partial charge in [0.05, 0.1) is 17.7 Å². The Bertz CT molecular complexity index is 554. The van der Waals surface area contributed by atoms with Gasteiger partial charge in [-0.25, -0.2) is 0 Å². The van der Waals surface area contributed by atoms with Crippen molar-refractivity contribution in [2.75, 3.05) is 19.8 Å². The number of fused-ring (bicyclic) bond motifs is 1. The maximum absolute atomic E-state index is 9.55. The highest BCUT2D eigenvalue weighted by Crippen LogP contribution is 2.24. The molecule has 0 aliphatic heterocycles. The molecule has 2 N–H and O–H groups in total. The van der Waals surface area contributed by atoms with Gasteiger partial charge in [-0.05, 0) is 44.2 Å². The van der Waals surface area contributed by atoms with Crippen molar-refractivity contribution in [3.8, 4) is 5.75 Å². The fourth-order valence-electron chi connectivity index (χ4n) is 2.02. The molecule has 0 saturated carbocycles. The second-order valence-electron chi connectivity index (χ2n) is 5.26. The summed E-state index contributed by atoms with van der Waals surface area (Å²) in [4.78, 5) is 4.31. The highest BCUT2D eigenvalue weighted by Gasteiger charge is 2.23. The van der Waals surface area contributed by atoms with Gasteiger partial charge in [0.15, 0.2) is 0 Å². The molecule has 1 heterocycles. The lowest BCUT2D eigenvalue weighted by molar-refractivity contribution is 0.117. The third-order valence-electron chi connectivity index (χ3n) is 3.30. The quantitative estimate of drug-likeness (QED) is 0.814. The largest absolute Gasteiger partial charge is 0.491 e. The second-order valence-corrected chi connectivity index (χ2v) is 5.26. The Morgan fingerprint density at radius 1 is 1.30 bits per heavy atom. The third-order valence-corrected chi connectivity index (χ3v) is 3.30. The van der Waals surface area contributed by atoms with Crippen LogP contribution in [0.3, 0.4) is 0 Å². The SMILES string of the molecule is CCCNC(C)(CO)COc1cccc2ncccc12. The molecule has 1 atom stereocenters. The van der Waals surface area contributed by atoms with E-state index in [2.05, 4.69) is 17.2 Å². The van der Waals surface area contributed by atoms with Crippen LogP contribution in [0, 0.1) is 0 Å². The van der Waals surface area contributed by atoms with Gasteiger partial charge in [-0.1, -0.05) is 13.0 Å². The summed E-state index contributed by atoms with van der Waals surface area (Å²) in [6.07, 6.45) is 2.79. The summed E-state index contributed by atoms with van der Waals surface area (Å²) in [5.74, 6) is 0.800. The Morgan fingerprint density at radius 3 is 2.90 bits per heavy atom. The topological polar surface area (TPSA) is 54.4 Å². The molecule has 0 saturated heterocycles. The van der Waals surface area contributed by atoms with Crippen molar-refractivity contribution < 1.29 is 9.84 Å². The number of nitrogens with zero attached hydrogens (tertiary/aromatic N) is 1. The molecule has 1 unspecified atom stereocenters. The highest BCUT2D eigenvalue weighted by molar-refractivity contribution is 5.84. The molecule has 0 amide bonds. The average molecular weight is 274 g/mol. The number of aromatic nitrogens is 1. The summed E-state index contributed by atoms with van der Waals surface area (Å²) in [5.41, 5.74) is 0.484. The van der Waals surface area contributed by atoms with Gasteiger partial charge in [0.25, 0.3) is 0 Å². The first-order valence-corrected chi connectivity index (χ1v) is 7.01. The van der Waals surface area contributed by atoms with Gasteiger partial charge in [0.1, 0.15) is 12.4 Å². The highest BCUT2D eigenvalue weighted by atomic mass is 16.5. The molecule has 0 spiro atoms. The Hall–Kier alpha value is -1.65. The minimum absolute atomic E-state index is 0.0377. The fourth-order valence-corrected chi connectivity index (χ4v) is 2.02. The maximum atomic E-state index is 9.55. The fraction of sp³-hybridized carbons (Fsp3) is 0.438. The van der Waals surface area contributed by atoms with Gasteiger partial charge in [-0.15, -0.1) is 0 Å². The minimum atomic E-state index is -0.430. The molecule has 0 aliphatic carbocycles. The van der Waals surface area contributed by atoms with Crippen molar-refractivity contribution in [3.05, 3.63) is 36.5 Å². The zero-order chi connectivity index (χ0) is 14.4. The molecule has 2 rings (SSSR count). The van der Waals surface area contributed by atoms with Gasteiger partial charge in [0.2, 0.25) is 0 Å². The molecule has 2 aromatic rings. The third kappa shape index (κ3) is 3.46. The molecule has 0 aliphatic rings. The average Bonchev–Trinajstić information content (AvgIpc) is 2.51.